The lowest BCUT2D eigenvalue weighted by molar-refractivity contribution is 0.477. The van der Waals surface area contributed by atoms with Crippen LogP contribution in [0.1, 0.15) is 5.56 Å². The van der Waals surface area contributed by atoms with Crippen molar-refractivity contribution < 1.29 is 4.74 Å². The highest BCUT2D eigenvalue weighted by Gasteiger charge is 2.06. The maximum Gasteiger partial charge on any atom is 0.146 e. The van der Waals surface area contributed by atoms with Crippen LogP contribution in [0.25, 0.3) is 0 Å². The van der Waals surface area contributed by atoms with E-state index in [0.29, 0.717) is 17.1 Å². The second-order valence-corrected chi connectivity index (χ2v) is 5.27. The summed E-state index contributed by atoms with van der Waals surface area (Å²) in [6.07, 6.45) is 3.30. The zero-order chi connectivity index (χ0) is 13.1. The number of rotatable bonds is 3. The zero-order valence-electron chi connectivity index (χ0n) is 9.15. The Bertz CT molecular complexity index is 602. The van der Waals surface area contributed by atoms with Gasteiger partial charge in [-0.2, -0.15) is 0 Å². The van der Waals surface area contributed by atoms with Crippen molar-refractivity contribution in [2.75, 3.05) is 0 Å². The molecule has 18 heavy (non-hydrogen) atoms. The van der Waals surface area contributed by atoms with Gasteiger partial charge in [0.2, 0.25) is 0 Å². The summed E-state index contributed by atoms with van der Waals surface area (Å²) in [6, 6.07) is 7.04. The molecular formula is C12H9Br2N3O. The fourth-order valence-electron chi connectivity index (χ4n) is 1.33. The molecule has 92 valence electrons. The Labute approximate surface area is 121 Å². The third kappa shape index (κ3) is 3.08. The summed E-state index contributed by atoms with van der Waals surface area (Å²) in [5, 5.41) is 7.35. The molecule has 6 heteroatoms. The summed E-state index contributed by atoms with van der Waals surface area (Å²) in [7, 11) is 0. The second-order valence-electron chi connectivity index (χ2n) is 3.50. The number of nitrogens with zero attached hydrogens (tertiary/aromatic N) is 1. The van der Waals surface area contributed by atoms with E-state index < -0.39 is 0 Å². The van der Waals surface area contributed by atoms with E-state index >= 15 is 0 Å². The minimum absolute atomic E-state index is 0.0198. The van der Waals surface area contributed by atoms with Crippen LogP contribution in [0, 0.1) is 5.41 Å². The molecule has 2 aromatic rings. The van der Waals surface area contributed by atoms with Crippen LogP contribution in [-0.4, -0.2) is 10.8 Å². The van der Waals surface area contributed by atoms with Crippen molar-refractivity contribution in [1.29, 1.82) is 5.41 Å². The van der Waals surface area contributed by atoms with Crippen LogP contribution in [0.2, 0.25) is 0 Å². The van der Waals surface area contributed by atoms with Gasteiger partial charge in [0.05, 0.1) is 10.7 Å². The van der Waals surface area contributed by atoms with Gasteiger partial charge in [-0.15, -0.1) is 0 Å². The van der Waals surface area contributed by atoms with E-state index in [1.807, 2.05) is 6.07 Å². The summed E-state index contributed by atoms with van der Waals surface area (Å²) in [4.78, 5) is 4.01. The first kappa shape index (κ1) is 13.0. The predicted molar refractivity (Wildman–Crippen MR) is 77.2 cm³/mol. The van der Waals surface area contributed by atoms with E-state index in [1.165, 1.54) is 0 Å². The van der Waals surface area contributed by atoms with Gasteiger partial charge in [-0.05, 0) is 56.1 Å². The molecule has 0 atom stereocenters. The highest BCUT2D eigenvalue weighted by molar-refractivity contribution is 9.10. The van der Waals surface area contributed by atoms with E-state index in [2.05, 4.69) is 36.8 Å². The number of nitrogen functional groups attached to an aromatic ring is 1. The lowest BCUT2D eigenvalue weighted by atomic mass is 10.2. The van der Waals surface area contributed by atoms with Crippen LogP contribution < -0.4 is 10.5 Å². The van der Waals surface area contributed by atoms with Crippen LogP contribution in [-0.2, 0) is 0 Å². The molecule has 0 aliphatic heterocycles. The van der Waals surface area contributed by atoms with Crippen molar-refractivity contribution in [2.24, 2.45) is 5.73 Å². The summed E-state index contributed by atoms with van der Waals surface area (Å²) in [5.74, 6) is 1.28. The number of hydrogen-bond donors (Lipinski definition) is 2. The van der Waals surface area contributed by atoms with Gasteiger partial charge >= 0.3 is 0 Å². The van der Waals surface area contributed by atoms with Gasteiger partial charge in [0.25, 0.3) is 0 Å². The van der Waals surface area contributed by atoms with Crippen molar-refractivity contribution in [3.63, 3.8) is 0 Å². The first-order chi connectivity index (χ1) is 8.56. The third-order valence-corrected chi connectivity index (χ3v) is 3.20. The van der Waals surface area contributed by atoms with E-state index in [1.54, 1.807) is 30.6 Å². The maximum atomic E-state index is 7.35. The van der Waals surface area contributed by atoms with E-state index in [0.717, 1.165) is 8.95 Å². The molecule has 0 unspecified atom stereocenters. The van der Waals surface area contributed by atoms with Crippen LogP contribution in [0.5, 0.6) is 11.5 Å². The summed E-state index contributed by atoms with van der Waals surface area (Å²) in [5.41, 5.74) is 6.05. The van der Waals surface area contributed by atoms with Crippen molar-refractivity contribution >= 4 is 37.7 Å². The minimum Gasteiger partial charge on any atom is -0.455 e. The highest BCUT2D eigenvalue weighted by Crippen LogP contribution is 2.30. The van der Waals surface area contributed by atoms with Crippen LogP contribution in [0.15, 0.2) is 45.6 Å². The molecule has 0 saturated carbocycles. The number of benzene rings is 1. The molecule has 1 aromatic carbocycles. The molecule has 0 spiro atoms. The predicted octanol–water partition coefficient (Wildman–Crippen LogP) is 3.68. The number of ether oxygens (including phenoxy) is 1. The maximum absolute atomic E-state index is 7.35. The van der Waals surface area contributed by atoms with E-state index in [9.17, 15) is 0 Å². The molecule has 3 N–H and O–H groups in total. The largest absolute Gasteiger partial charge is 0.455 e. The van der Waals surface area contributed by atoms with Gasteiger partial charge in [0.15, 0.2) is 0 Å². The molecule has 0 radical (unpaired) electrons. The van der Waals surface area contributed by atoms with Gasteiger partial charge in [-0.25, -0.2) is 0 Å². The molecule has 1 heterocycles. The number of nitrogens with one attached hydrogen (secondary N) is 1. The number of hydrogen-bond acceptors (Lipinski definition) is 3. The smallest absolute Gasteiger partial charge is 0.146 e. The average Bonchev–Trinajstić information content (AvgIpc) is 2.31. The standard InChI is InChI=1S/C12H9Br2N3O/c13-8-4-9(6-17-5-8)18-11-2-1-7(12(15)16)3-10(11)14/h1-6H,(H3,15,16). The summed E-state index contributed by atoms with van der Waals surface area (Å²) in [6.45, 7) is 0. The van der Waals surface area contributed by atoms with Gasteiger partial charge < -0.3 is 10.5 Å². The lowest BCUT2D eigenvalue weighted by Gasteiger charge is -2.08. The number of aromatic nitrogens is 1. The Balaban J connectivity index is 2.27. The monoisotopic (exact) mass is 369 g/mol. The summed E-state index contributed by atoms with van der Waals surface area (Å²) >= 11 is 6.71. The van der Waals surface area contributed by atoms with Crippen LogP contribution in [0.4, 0.5) is 0 Å². The summed E-state index contributed by atoms with van der Waals surface area (Å²) < 4.78 is 7.25. The Morgan fingerprint density at radius 3 is 2.61 bits per heavy atom. The average molecular weight is 371 g/mol. The lowest BCUT2D eigenvalue weighted by Crippen LogP contribution is -2.10. The van der Waals surface area contributed by atoms with Crippen molar-refractivity contribution in [2.45, 2.75) is 0 Å². The zero-order valence-corrected chi connectivity index (χ0v) is 12.3. The first-order valence-corrected chi connectivity index (χ1v) is 6.57. The molecule has 0 amide bonds. The second kappa shape index (κ2) is 5.49. The molecule has 0 aliphatic rings. The minimum atomic E-state index is 0.0198. The molecule has 0 fully saturated rings. The molecule has 0 bridgehead atoms. The van der Waals surface area contributed by atoms with E-state index in [-0.39, 0.29) is 5.84 Å². The molecule has 2 rings (SSSR count). The topological polar surface area (TPSA) is 72.0 Å². The Hall–Kier alpha value is -1.40. The van der Waals surface area contributed by atoms with Crippen LogP contribution >= 0.6 is 31.9 Å². The van der Waals surface area contributed by atoms with Gasteiger partial charge in [0.1, 0.15) is 17.3 Å². The molecular weight excluding hydrogens is 362 g/mol. The molecule has 0 saturated heterocycles. The molecule has 0 aliphatic carbocycles. The number of halogens is 2. The van der Waals surface area contributed by atoms with Crippen LogP contribution in [0.3, 0.4) is 0 Å². The van der Waals surface area contributed by atoms with Gasteiger partial charge in [-0.3, -0.25) is 10.4 Å². The first-order valence-electron chi connectivity index (χ1n) is 4.98. The van der Waals surface area contributed by atoms with Gasteiger partial charge in [0, 0.05) is 16.2 Å². The number of nitrogens with two attached hydrogens (primary N) is 1. The molecule has 4 nitrogen and oxygen atoms in total. The Kier molecular flexibility index (Phi) is 3.98. The highest BCUT2D eigenvalue weighted by atomic mass is 79.9. The van der Waals surface area contributed by atoms with Crippen molar-refractivity contribution in [1.82, 2.24) is 4.98 Å². The van der Waals surface area contributed by atoms with Crippen molar-refractivity contribution in [3.05, 3.63) is 51.2 Å². The number of pyridine rings is 1. The molecule has 1 aromatic heterocycles. The van der Waals surface area contributed by atoms with Crippen molar-refractivity contribution in [3.8, 4) is 11.5 Å². The fraction of sp³-hybridized carbons (Fsp3) is 0. The van der Waals surface area contributed by atoms with E-state index in [4.69, 9.17) is 15.9 Å². The SMILES string of the molecule is N=C(N)c1ccc(Oc2cncc(Br)c2)c(Br)c1. The van der Waals surface area contributed by atoms with Gasteiger partial charge in [-0.1, -0.05) is 0 Å². The fourth-order valence-corrected chi connectivity index (χ4v) is 2.13. The normalized spacial score (nSPS) is 10.1. The number of amidine groups is 1. The Morgan fingerprint density at radius 1 is 1.22 bits per heavy atom. The third-order valence-electron chi connectivity index (χ3n) is 2.15. The Morgan fingerprint density at radius 2 is 2.00 bits per heavy atom. The quantitative estimate of drug-likeness (QED) is 0.639.